The van der Waals surface area contributed by atoms with Crippen LogP contribution in [-0.2, 0) is 6.42 Å². The Hall–Kier alpha value is 0.0600. The van der Waals surface area contributed by atoms with Crippen molar-refractivity contribution < 1.29 is 0 Å². The second kappa shape index (κ2) is 7.90. The van der Waals surface area contributed by atoms with Gasteiger partial charge in [0.05, 0.1) is 3.79 Å². The van der Waals surface area contributed by atoms with Crippen LogP contribution in [0.25, 0.3) is 0 Å². The molecule has 1 fully saturated rings. The molecular weight excluding hydrogens is 334 g/mol. The fourth-order valence-electron chi connectivity index (χ4n) is 2.83. The van der Waals surface area contributed by atoms with E-state index in [2.05, 4.69) is 64.2 Å². The number of nitrogens with one attached hydrogen (secondary N) is 1. The second-order valence-electron chi connectivity index (χ2n) is 5.78. The van der Waals surface area contributed by atoms with E-state index in [9.17, 15) is 0 Å². The van der Waals surface area contributed by atoms with Gasteiger partial charge >= 0.3 is 0 Å². The van der Waals surface area contributed by atoms with E-state index in [4.69, 9.17) is 0 Å². The predicted octanol–water partition coefficient (Wildman–Crippen LogP) is 2.67. The van der Waals surface area contributed by atoms with Crippen molar-refractivity contribution in [2.45, 2.75) is 31.8 Å². The number of halogens is 1. The molecule has 0 radical (unpaired) electrons. The number of nitrogens with zero attached hydrogens (tertiary/aromatic N) is 2. The second-order valence-corrected chi connectivity index (χ2v) is 8.33. The van der Waals surface area contributed by atoms with Gasteiger partial charge in [-0.3, -0.25) is 4.90 Å². The highest BCUT2D eigenvalue weighted by Crippen LogP contribution is 2.24. The van der Waals surface area contributed by atoms with Crippen LogP contribution in [0.3, 0.4) is 0 Å². The minimum Gasteiger partial charge on any atom is -0.312 e. The average molecular weight is 360 g/mol. The molecule has 1 N–H and O–H groups in total. The first-order chi connectivity index (χ1) is 9.60. The third kappa shape index (κ3) is 4.53. The van der Waals surface area contributed by atoms with E-state index in [1.807, 2.05) is 11.3 Å². The Labute approximate surface area is 135 Å². The van der Waals surface area contributed by atoms with Crippen LogP contribution in [0.5, 0.6) is 0 Å². The summed E-state index contributed by atoms with van der Waals surface area (Å²) in [7, 11) is 4.50. The van der Waals surface area contributed by atoms with Crippen molar-refractivity contribution in [3.8, 4) is 0 Å². The molecule has 0 saturated carbocycles. The van der Waals surface area contributed by atoms with Gasteiger partial charge in [-0.1, -0.05) is 6.92 Å². The Morgan fingerprint density at radius 1 is 1.40 bits per heavy atom. The Kier molecular flexibility index (Phi) is 6.49. The predicted molar refractivity (Wildman–Crippen MR) is 91.7 cm³/mol. The monoisotopic (exact) mass is 359 g/mol. The minimum atomic E-state index is 0.535. The van der Waals surface area contributed by atoms with E-state index in [1.54, 1.807) is 0 Å². The van der Waals surface area contributed by atoms with Crippen molar-refractivity contribution in [2.75, 3.05) is 40.3 Å². The lowest BCUT2D eigenvalue weighted by molar-refractivity contribution is 0.0878. The molecule has 5 heteroatoms. The Balaban J connectivity index is 2.05. The van der Waals surface area contributed by atoms with Gasteiger partial charge in [-0.05, 0) is 61.5 Å². The maximum Gasteiger partial charge on any atom is 0.0701 e. The molecule has 1 saturated heterocycles. The van der Waals surface area contributed by atoms with Crippen LogP contribution in [0.2, 0.25) is 0 Å². The van der Waals surface area contributed by atoms with Gasteiger partial charge in [0.15, 0.2) is 0 Å². The zero-order valence-electron chi connectivity index (χ0n) is 12.7. The number of likely N-dealkylation sites (N-methyl/N-ethyl adjacent to an activating group) is 2. The summed E-state index contributed by atoms with van der Waals surface area (Å²) in [5, 5.41) is 3.77. The summed E-state index contributed by atoms with van der Waals surface area (Å²) in [6.07, 6.45) is 2.32. The zero-order valence-corrected chi connectivity index (χ0v) is 15.1. The summed E-state index contributed by atoms with van der Waals surface area (Å²) >= 11 is 5.43. The number of hydrogen-bond donors (Lipinski definition) is 1. The molecule has 1 aromatic rings. The molecule has 2 unspecified atom stereocenters. The highest BCUT2D eigenvalue weighted by molar-refractivity contribution is 9.11. The summed E-state index contributed by atoms with van der Waals surface area (Å²) < 4.78 is 1.23. The number of rotatable bonds is 6. The smallest absolute Gasteiger partial charge is 0.0701 e. The third-order valence-corrected chi connectivity index (χ3v) is 5.72. The van der Waals surface area contributed by atoms with Gasteiger partial charge < -0.3 is 10.2 Å². The van der Waals surface area contributed by atoms with Crippen molar-refractivity contribution in [1.29, 1.82) is 0 Å². The van der Waals surface area contributed by atoms with Crippen molar-refractivity contribution in [3.63, 3.8) is 0 Å². The van der Waals surface area contributed by atoms with Gasteiger partial charge in [0.25, 0.3) is 0 Å². The van der Waals surface area contributed by atoms with Crippen molar-refractivity contribution >= 4 is 27.3 Å². The third-order valence-electron chi connectivity index (χ3n) is 4.07. The highest BCUT2D eigenvalue weighted by atomic mass is 79.9. The van der Waals surface area contributed by atoms with Crippen LogP contribution >= 0.6 is 27.3 Å². The van der Waals surface area contributed by atoms with E-state index in [-0.39, 0.29) is 0 Å². The molecule has 0 aromatic carbocycles. The maximum atomic E-state index is 3.77. The molecule has 0 bridgehead atoms. The molecule has 0 aliphatic carbocycles. The summed E-state index contributed by atoms with van der Waals surface area (Å²) in [5.41, 5.74) is 0. The summed E-state index contributed by atoms with van der Waals surface area (Å²) in [4.78, 5) is 6.44. The van der Waals surface area contributed by atoms with Crippen LogP contribution in [0.1, 0.15) is 18.2 Å². The topological polar surface area (TPSA) is 18.5 Å². The number of piperazine rings is 1. The van der Waals surface area contributed by atoms with Gasteiger partial charge in [-0.25, -0.2) is 0 Å². The lowest BCUT2D eigenvalue weighted by atomic mass is 10.00. The van der Waals surface area contributed by atoms with E-state index >= 15 is 0 Å². The summed E-state index contributed by atoms with van der Waals surface area (Å²) in [5.74, 6) is 0. The SMILES string of the molecule is CCCNC(Cc1ccc(Br)s1)C1CN(C)CCN1C. The first kappa shape index (κ1) is 16.4. The summed E-state index contributed by atoms with van der Waals surface area (Å²) in [6, 6.07) is 5.55. The first-order valence-electron chi connectivity index (χ1n) is 7.46. The molecule has 1 aliphatic heterocycles. The largest absolute Gasteiger partial charge is 0.312 e. The molecule has 2 atom stereocenters. The Bertz CT molecular complexity index is 410. The van der Waals surface area contributed by atoms with E-state index in [1.165, 1.54) is 28.2 Å². The molecule has 114 valence electrons. The molecule has 1 aliphatic rings. The van der Waals surface area contributed by atoms with Gasteiger partial charge in [0, 0.05) is 36.6 Å². The lowest BCUT2D eigenvalue weighted by Crippen LogP contribution is -2.59. The van der Waals surface area contributed by atoms with Crippen LogP contribution in [0.4, 0.5) is 0 Å². The van der Waals surface area contributed by atoms with Gasteiger partial charge in [0.2, 0.25) is 0 Å². The van der Waals surface area contributed by atoms with Crippen LogP contribution in [0, 0.1) is 0 Å². The van der Waals surface area contributed by atoms with Gasteiger partial charge in [-0.2, -0.15) is 0 Å². The molecule has 1 aromatic heterocycles. The maximum absolute atomic E-state index is 3.77. The number of thiophene rings is 1. The van der Waals surface area contributed by atoms with Gasteiger partial charge in [0.1, 0.15) is 0 Å². The fourth-order valence-corrected chi connectivity index (χ4v) is 4.37. The molecule has 3 nitrogen and oxygen atoms in total. The quantitative estimate of drug-likeness (QED) is 0.842. The van der Waals surface area contributed by atoms with Crippen molar-refractivity contribution in [2.24, 2.45) is 0 Å². The molecule has 2 heterocycles. The fraction of sp³-hybridized carbons (Fsp3) is 0.733. The Morgan fingerprint density at radius 2 is 2.20 bits per heavy atom. The minimum absolute atomic E-state index is 0.535. The molecule has 0 amide bonds. The lowest BCUT2D eigenvalue weighted by Gasteiger charge is -2.42. The molecule has 20 heavy (non-hydrogen) atoms. The molecule has 2 rings (SSSR count). The Morgan fingerprint density at radius 3 is 2.85 bits per heavy atom. The van der Waals surface area contributed by atoms with Crippen LogP contribution in [-0.4, -0.2) is 62.2 Å². The van der Waals surface area contributed by atoms with Crippen molar-refractivity contribution in [1.82, 2.24) is 15.1 Å². The standard InChI is InChI=1S/C15H26BrN3S/c1-4-7-17-13(10-12-5-6-15(16)20-12)14-11-18(2)8-9-19(14)3/h5-6,13-14,17H,4,7-11H2,1-3H3. The number of hydrogen-bond acceptors (Lipinski definition) is 4. The van der Waals surface area contributed by atoms with E-state index in [0.717, 1.165) is 19.5 Å². The average Bonchev–Trinajstić information content (AvgIpc) is 2.83. The molecular formula is C15H26BrN3S. The normalized spacial score (nSPS) is 23.1. The highest BCUT2D eigenvalue weighted by Gasteiger charge is 2.29. The van der Waals surface area contributed by atoms with Gasteiger partial charge in [-0.15, -0.1) is 11.3 Å². The zero-order chi connectivity index (χ0) is 14.5. The summed E-state index contributed by atoms with van der Waals surface area (Å²) in [6.45, 7) is 6.84. The van der Waals surface area contributed by atoms with Crippen LogP contribution in [0.15, 0.2) is 15.9 Å². The molecule has 0 spiro atoms. The van der Waals surface area contributed by atoms with E-state index in [0.29, 0.717) is 12.1 Å². The van der Waals surface area contributed by atoms with Crippen LogP contribution < -0.4 is 5.32 Å². The van der Waals surface area contributed by atoms with E-state index < -0.39 is 0 Å². The first-order valence-corrected chi connectivity index (χ1v) is 9.07. The van der Waals surface area contributed by atoms with Crippen molar-refractivity contribution in [3.05, 3.63) is 20.8 Å².